The molecule has 3 heterocycles. The average Bonchev–Trinajstić information content (AvgIpc) is 2.69. The predicted octanol–water partition coefficient (Wildman–Crippen LogP) is 2.64. The van der Waals surface area contributed by atoms with Crippen molar-refractivity contribution in [2.24, 2.45) is 0 Å². The minimum Gasteiger partial charge on any atom is -0.491 e. The molecule has 10 nitrogen and oxygen atoms in total. The van der Waals surface area contributed by atoms with Gasteiger partial charge in [-0.25, -0.2) is 14.6 Å². The van der Waals surface area contributed by atoms with Gasteiger partial charge >= 0.3 is 12.1 Å². The standard InChI is InChI=1S/C22H33ClN4O6/c1-21(2,3)33-20(30)26-7-6-24-14(11-26)12-31-15-10-16(23)25-18(17(15)19(28)29)27-8-9-32-22(4,5)13-27/h10,14,24H,6-9,11-13H2,1-5H3,(H,28,29). The third-order valence-electron chi connectivity index (χ3n) is 5.22. The molecule has 1 aromatic rings. The number of nitrogens with one attached hydrogen (secondary N) is 1. The Hall–Kier alpha value is -2.30. The number of amides is 1. The summed E-state index contributed by atoms with van der Waals surface area (Å²) < 4.78 is 17.1. The average molecular weight is 485 g/mol. The number of anilines is 1. The number of piperazine rings is 1. The van der Waals surface area contributed by atoms with Crippen LogP contribution in [-0.4, -0.2) is 90.2 Å². The van der Waals surface area contributed by atoms with Crippen LogP contribution in [0.4, 0.5) is 10.6 Å². The fourth-order valence-electron chi connectivity index (χ4n) is 3.84. The Morgan fingerprint density at radius 1 is 1.36 bits per heavy atom. The maximum absolute atomic E-state index is 12.4. The van der Waals surface area contributed by atoms with Crippen LogP contribution in [0, 0.1) is 0 Å². The number of aromatic nitrogens is 1. The van der Waals surface area contributed by atoms with E-state index < -0.39 is 17.2 Å². The first-order valence-corrected chi connectivity index (χ1v) is 11.4. The van der Waals surface area contributed by atoms with Crippen molar-refractivity contribution >= 4 is 29.5 Å². The number of carbonyl (C=O) groups is 2. The number of pyridine rings is 1. The van der Waals surface area contributed by atoms with Crippen LogP contribution in [0.25, 0.3) is 0 Å². The number of halogens is 1. The predicted molar refractivity (Wildman–Crippen MR) is 124 cm³/mol. The highest BCUT2D eigenvalue weighted by atomic mass is 35.5. The number of rotatable bonds is 5. The molecule has 0 spiro atoms. The first-order chi connectivity index (χ1) is 15.3. The van der Waals surface area contributed by atoms with Crippen molar-refractivity contribution in [1.82, 2.24) is 15.2 Å². The molecule has 0 aliphatic carbocycles. The van der Waals surface area contributed by atoms with Gasteiger partial charge < -0.3 is 34.4 Å². The Morgan fingerprint density at radius 2 is 2.09 bits per heavy atom. The maximum atomic E-state index is 12.4. The van der Waals surface area contributed by atoms with E-state index in [1.165, 1.54) is 6.07 Å². The zero-order valence-electron chi connectivity index (χ0n) is 19.8. The summed E-state index contributed by atoms with van der Waals surface area (Å²) in [7, 11) is 0. The van der Waals surface area contributed by atoms with E-state index >= 15 is 0 Å². The van der Waals surface area contributed by atoms with Gasteiger partial charge in [-0.15, -0.1) is 0 Å². The molecule has 1 atom stereocenters. The maximum Gasteiger partial charge on any atom is 0.410 e. The normalized spacial score (nSPS) is 21.0. The fraction of sp³-hybridized carbons (Fsp3) is 0.682. The Balaban J connectivity index is 1.75. The molecule has 0 radical (unpaired) electrons. The molecule has 3 rings (SSSR count). The summed E-state index contributed by atoms with van der Waals surface area (Å²) >= 11 is 6.24. The highest BCUT2D eigenvalue weighted by Gasteiger charge is 2.33. The zero-order chi connectivity index (χ0) is 24.4. The van der Waals surface area contributed by atoms with Gasteiger partial charge in [0.25, 0.3) is 0 Å². The van der Waals surface area contributed by atoms with Crippen LogP contribution in [0.5, 0.6) is 5.75 Å². The largest absolute Gasteiger partial charge is 0.491 e. The zero-order valence-corrected chi connectivity index (χ0v) is 20.6. The van der Waals surface area contributed by atoms with Crippen molar-refractivity contribution in [1.29, 1.82) is 0 Å². The Labute approximate surface area is 199 Å². The van der Waals surface area contributed by atoms with Crippen molar-refractivity contribution in [2.75, 3.05) is 50.8 Å². The van der Waals surface area contributed by atoms with Crippen LogP contribution in [0.2, 0.25) is 5.15 Å². The highest BCUT2D eigenvalue weighted by molar-refractivity contribution is 6.29. The number of ether oxygens (including phenoxy) is 3. The molecule has 2 N–H and O–H groups in total. The summed E-state index contributed by atoms with van der Waals surface area (Å²) in [5, 5.41) is 13.4. The van der Waals surface area contributed by atoms with E-state index in [0.29, 0.717) is 39.3 Å². The minimum absolute atomic E-state index is 0.0445. The van der Waals surface area contributed by atoms with Crippen LogP contribution in [-0.2, 0) is 9.47 Å². The number of morpholine rings is 1. The number of carbonyl (C=O) groups excluding carboxylic acids is 1. The van der Waals surface area contributed by atoms with Crippen molar-refractivity contribution in [3.8, 4) is 5.75 Å². The van der Waals surface area contributed by atoms with E-state index in [-0.39, 0.29) is 41.0 Å². The van der Waals surface area contributed by atoms with Gasteiger partial charge in [-0.3, -0.25) is 0 Å². The summed E-state index contributed by atoms with van der Waals surface area (Å²) in [6, 6.07) is 1.21. The molecule has 2 fully saturated rings. The molecular weight excluding hydrogens is 452 g/mol. The van der Waals surface area contributed by atoms with E-state index in [1.54, 1.807) is 4.90 Å². The van der Waals surface area contributed by atoms with Gasteiger partial charge in [0.1, 0.15) is 34.5 Å². The molecular formula is C22H33ClN4O6. The quantitative estimate of drug-likeness (QED) is 0.608. The lowest BCUT2D eigenvalue weighted by Gasteiger charge is -2.39. The van der Waals surface area contributed by atoms with Gasteiger partial charge in [-0.05, 0) is 34.6 Å². The van der Waals surface area contributed by atoms with Crippen LogP contribution in [0.15, 0.2) is 6.07 Å². The van der Waals surface area contributed by atoms with Crippen molar-refractivity contribution in [3.63, 3.8) is 0 Å². The first-order valence-electron chi connectivity index (χ1n) is 11.0. The molecule has 1 unspecified atom stereocenters. The lowest BCUT2D eigenvalue weighted by atomic mass is 10.1. The Kier molecular flexibility index (Phi) is 7.60. The molecule has 1 amide bonds. The molecule has 2 saturated heterocycles. The van der Waals surface area contributed by atoms with Gasteiger partial charge in [0.2, 0.25) is 0 Å². The van der Waals surface area contributed by atoms with Gasteiger partial charge in [-0.1, -0.05) is 11.6 Å². The SMILES string of the molecule is CC(C)(C)OC(=O)N1CCNC(COc2cc(Cl)nc(N3CCOC(C)(C)C3)c2C(=O)O)C1. The fourth-order valence-corrected chi connectivity index (χ4v) is 4.02. The van der Waals surface area contributed by atoms with Crippen LogP contribution >= 0.6 is 11.6 Å². The second-order valence-electron chi connectivity index (χ2n) is 9.86. The van der Waals surface area contributed by atoms with E-state index in [9.17, 15) is 14.7 Å². The summed E-state index contributed by atoms with van der Waals surface area (Å²) in [5.74, 6) is -0.758. The van der Waals surface area contributed by atoms with Gasteiger partial charge in [0, 0.05) is 38.8 Å². The van der Waals surface area contributed by atoms with Gasteiger partial charge in [0.15, 0.2) is 0 Å². The van der Waals surface area contributed by atoms with Crippen molar-refractivity contribution in [2.45, 2.75) is 51.9 Å². The molecule has 184 valence electrons. The van der Waals surface area contributed by atoms with Gasteiger partial charge in [-0.2, -0.15) is 0 Å². The number of carboxylic acid groups (broad SMARTS) is 1. The summed E-state index contributed by atoms with van der Waals surface area (Å²) in [5.41, 5.74) is -1.07. The second-order valence-corrected chi connectivity index (χ2v) is 10.3. The minimum atomic E-state index is -1.15. The van der Waals surface area contributed by atoms with Crippen LogP contribution < -0.4 is 15.0 Å². The number of aromatic carboxylic acids is 1. The third-order valence-corrected chi connectivity index (χ3v) is 5.41. The number of hydrogen-bond acceptors (Lipinski definition) is 8. The first kappa shape index (κ1) is 25.3. The molecule has 2 aliphatic rings. The van der Waals surface area contributed by atoms with Crippen LogP contribution in [0.1, 0.15) is 45.0 Å². The Morgan fingerprint density at radius 3 is 2.73 bits per heavy atom. The topological polar surface area (TPSA) is 113 Å². The Bertz CT molecular complexity index is 888. The van der Waals surface area contributed by atoms with E-state index in [0.717, 1.165) is 0 Å². The smallest absolute Gasteiger partial charge is 0.410 e. The summed E-state index contributed by atoms with van der Waals surface area (Å²) in [6.07, 6.45) is -0.385. The molecule has 0 bridgehead atoms. The molecule has 0 saturated carbocycles. The molecule has 33 heavy (non-hydrogen) atoms. The number of hydrogen-bond donors (Lipinski definition) is 2. The van der Waals surface area contributed by atoms with Gasteiger partial charge in [0.05, 0.1) is 18.2 Å². The highest BCUT2D eigenvalue weighted by Crippen LogP contribution is 2.33. The lowest BCUT2D eigenvalue weighted by molar-refractivity contribution is -0.0280. The number of carboxylic acids is 1. The monoisotopic (exact) mass is 484 g/mol. The van der Waals surface area contributed by atoms with E-state index in [1.807, 2.05) is 39.5 Å². The molecule has 0 aromatic carbocycles. The second kappa shape index (κ2) is 9.90. The summed E-state index contributed by atoms with van der Waals surface area (Å²) in [6.45, 7) is 12.4. The van der Waals surface area contributed by atoms with E-state index in [4.69, 9.17) is 25.8 Å². The van der Waals surface area contributed by atoms with Crippen LogP contribution in [0.3, 0.4) is 0 Å². The van der Waals surface area contributed by atoms with Crippen molar-refractivity contribution in [3.05, 3.63) is 16.8 Å². The van der Waals surface area contributed by atoms with Crippen molar-refractivity contribution < 1.29 is 28.9 Å². The molecule has 2 aliphatic heterocycles. The lowest BCUT2D eigenvalue weighted by Crippen LogP contribution is -2.55. The third kappa shape index (κ3) is 6.84. The summed E-state index contributed by atoms with van der Waals surface area (Å²) in [4.78, 5) is 32.4. The molecule has 11 heteroatoms. The number of nitrogens with zero attached hydrogens (tertiary/aromatic N) is 3. The van der Waals surface area contributed by atoms with E-state index in [2.05, 4.69) is 10.3 Å². The molecule has 1 aromatic heterocycles.